The maximum atomic E-state index is 3.63. The second kappa shape index (κ2) is 5.09. The standard InChI is InChI=1S/C15H24N2/c1-11(2)13-5-7-14(8-6-13)16-15-9-12(3)17(4)10-15/h5-8,11-12,15-16H,9-10H2,1-4H3. The quantitative estimate of drug-likeness (QED) is 0.860. The van der Waals surface area contributed by atoms with E-state index in [2.05, 4.69) is 62.3 Å². The van der Waals surface area contributed by atoms with Crippen molar-refractivity contribution in [3.05, 3.63) is 29.8 Å². The Bertz CT molecular complexity index is 346. The molecule has 0 radical (unpaired) electrons. The van der Waals surface area contributed by atoms with Crippen LogP contribution in [-0.2, 0) is 0 Å². The van der Waals surface area contributed by atoms with Crippen LogP contribution in [0.5, 0.6) is 0 Å². The van der Waals surface area contributed by atoms with E-state index in [9.17, 15) is 0 Å². The van der Waals surface area contributed by atoms with Crippen molar-refractivity contribution in [2.24, 2.45) is 0 Å². The van der Waals surface area contributed by atoms with Crippen molar-refractivity contribution in [1.82, 2.24) is 4.90 Å². The lowest BCUT2D eigenvalue weighted by molar-refractivity contribution is 0.330. The summed E-state index contributed by atoms with van der Waals surface area (Å²) in [6.07, 6.45) is 1.24. The molecule has 2 unspecified atom stereocenters. The van der Waals surface area contributed by atoms with E-state index < -0.39 is 0 Å². The number of hydrogen-bond donors (Lipinski definition) is 1. The van der Waals surface area contributed by atoms with Crippen LogP contribution in [0.1, 0.15) is 38.7 Å². The normalized spacial score (nSPS) is 25.5. The summed E-state index contributed by atoms with van der Waals surface area (Å²) in [5.41, 5.74) is 2.66. The van der Waals surface area contributed by atoms with Gasteiger partial charge in [0.05, 0.1) is 0 Å². The average molecular weight is 232 g/mol. The third kappa shape index (κ3) is 3.01. The minimum absolute atomic E-state index is 0.597. The van der Waals surface area contributed by atoms with Crippen molar-refractivity contribution < 1.29 is 0 Å². The maximum Gasteiger partial charge on any atom is 0.0403 e. The lowest BCUT2D eigenvalue weighted by atomic mass is 10.0. The van der Waals surface area contributed by atoms with E-state index in [1.807, 2.05) is 0 Å². The van der Waals surface area contributed by atoms with Crippen LogP contribution in [0.4, 0.5) is 5.69 Å². The van der Waals surface area contributed by atoms with Gasteiger partial charge < -0.3 is 10.2 Å². The number of anilines is 1. The molecule has 1 aromatic rings. The molecule has 1 saturated heterocycles. The minimum Gasteiger partial charge on any atom is -0.381 e. The van der Waals surface area contributed by atoms with Crippen LogP contribution in [0.15, 0.2) is 24.3 Å². The predicted molar refractivity (Wildman–Crippen MR) is 74.7 cm³/mol. The highest BCUT2D eigenvalue weighted by Gasteiger charge is 2.25. The van der Waals surface area contributed by atoms with Gasteiger partial charge in [0.25, 0.3) is 0 Å². The third-order valence-electron chi connectivity index (χ3n) is 3.83. The number of benzene rings is 1. The molecule has 1 aliphatic rings. The topological polar surface area (TPSA) is 15.3 Å². The Morgan fingerprint density at radius 3 is 2.35 bits per heavy atom. The van der Waals surface area contributed by atoms with E-state index >= 15 is 0 Å². The molecule has 2 heteroatoms. The van der Waals surface area contributed by atoms with Crippen LogP contribution in [0.3, 0.4) is 0 Å². The van der Waals surface area contributed by atoms with Gasteiger partial charge in [0.2, 0.25) is 0 Å². The molecule has 2 atom stereocenters. The first-order valence-electron chi connectivity index (χ1n) is 6.63. The summed E-state index contributed by atoms with van der Waals surface area (Å²) in [6, 6.07) is 10.2. The fourth-order valence-electron chi connectivity index (χ4n) is 2.50. The number of likely N-dealkylation sites (tertiary alicyclic amines) is 1. The van der Waals surface area contributed by atoms with Crippen LogP contribution < -0.4 is 5.32 Å². The second-order valence-electron chi connectivity index (χ2n) is 5.64. The van der Waals surface area contributed by atoms with Crippen LogP contribution in [-0.4, -0.2) is 30.6 Å². The zero-order valence-corrected chi connectivity index (χ0v) is 11.4. The summed E-state index contributed by atoms with van der Waals surface area (Å²) in [5, 5.41) is 3.63. The third-order valence-corrected chi connectivity index (χ3v) is 3.83. The minimum atomic E-state index is 0.597. The Balaban J connectivity index is 1.95. The highest BCUT2D eigenvalue weighted by atomic mass is 15.2. The Morgan fingerprint density at radius 2 is 1.88 bits per heavy atom. The van der Waals surface area contributed by atoms with E-state index in [-0.39, 0.29) is 0 Å². The van der Waals surface area contributed by atoms with E-state index in [0.29, 0.717) is 18.0 Å². The van der Waals surface area contributed by atoms with Gasteiger partial charge in [-0.2, -0.15) is 0 Å². The zero-order valence-electron chi connectivity index (χ0n) is 11.4. The molecule has 0 aliphatic carbocycles. The van der Waals surface area contributed by atoms with Gasteiger partial charge in [0.1, 0.15) is 0 Å². The van der Waals surface area contributed by atoms with Crippen molar-refractivity contribution in [3.63, 3.8) is 0 Å². The van der Waals surface area contributed by atoms with E-state index in [1.165, 1.54) is 17.7 Å². The molecule has 1 aromatic carbocycles. The van der Waals surface area contributed by atoms with Crippen molar-refractivity contribution in [1.29, 1.82) is 0 Å². The van der Waals surface area contributed by atoms with Gasteiger partial charge >= 0.3 is 0 Å². The molecule has 2 nitrogen and oxygen atoms in total. The molecule has 1 fully saturated rings. The highest BCUT2D eigenvalue weighted by Crippen LogP contribution is 2.21. The Morgan fingerprint density at radius 1 is 1.24 bits per heavy atom. The Labute approximate surface area is 105 Å². The zero-order chi connectivity index (χ0) is 12.4. The smallest absolute Gasteiger partial charge is 0.0403 e. The number of nitrogens with one attached hydrogen (secondary N) is 1. The van der Waals surface area contributed by atoms with Crippen molar-refractivity contribution in [2.45, 2.75) is 45.2 Å². The molecule has 1 heterocycles. The average Bonchev–Trinajstić information content (AvgIpc) is 2.58. The Hall–Kier alpha value is -1.02. The molecule has 0 amide bonds. The summed E-state index contributed by atoms with van der Waals surface area (Å²) >= 11 is 0. The molecule has 0 aromatic heterocycles. The fraction of sp³-hybridized carbons (Fsp3) is 0.600. The van der Waals surface area contributed by atoms with Crippen molar-refractivity contribution in [2.75, 3.05) is 18.9 Å². The molecule has 17 heavy (non-hydrogen) atoms. The summed E-state index contributed by atoms with van der Waals surface area (Å²) in [5.74, 6) is 0.613. The van der Waals surface area contributed by atoms with Gasteiger partial charge in [-0.15, -0.1) is 0 Å². The molecular formula is C15H24N2. The molecule has 0 bridgehead atoms. The molecule has 1 N–H and O–H groups in total. The number of hydrogen-bond acceptors (Lipinski definition) is 2. The van der Waals surface area contributed by atoms with Gasteiger partial charge in [-0.3, -0.25) is 0 Å². The summed E-state index contributed by atoms with van der Waals surface area (Å²) in [6.45, 7) is 7.91. The molecule has 2 rings (SSSR count). The maximum absolute atomic E-state index is 3.63. The number of nitrogens with zero attached hydrogens (tertiary/aromatic N) is 1. The first-order chi connectivity index (χ1) is 8.06. The first-order valence-corrected chi connectivity index (χ1v) is 6.63. The van der Waals surface area contributed by atoms with Gasteiger partial charge in [0.15, 0.2) is 0 Å². The number of likely N-dealkylation sites (N-methyl/N-ethyl adjacent to an activating group) is 1. The SMILES string of the molecule is CC(C)c1ccc(NC2CC(C)N(C)C2)cc1. The fourth-order valence-corrected chi connectivity index (χ4v) is 2.50. The van der Waals surface area contributed by atoms with Crippen LogP contribution in [0, 0.1) is 0 Å². The molecule has 1 aliphatic heterocycles. The lowest BCUT2D eigenvalue weighted by Crippen LogP contribution is -2.24. The molecular weight excluding hydrogens is 208 g/mol. The van der Waals surface area contributed by atoms with Gasteiger partial charge in [-0.05, 0) is 44.0 Å². The van der Waals surface area contributed by atoms with Gasteiger partial charge in [-0.1, -0.05) is 26.0 Å². The van der Waals surface area contributed by atoms with Crippen LogP contribution in [0.2, 0.25) is 0 Å². The largest absolute Gasteiger partial charge is 0.381 e. The monoisotopic (exact) mass is 232 g/mol. The first kappa shape index (κ1) is 12.4. The molecule has 94 valence electrons. The Kier molecular flexibility index (Phi) is 3.72. The van der Waals surface area contributed by atoms with Gasteiger partial charge in [0, 0.05) is 24.3 Å². The van der Waals surface area contributed by atoms with Crippen LogP contribution >= 0.6 is 0 Å². The van der Waals surface area contributed by atoms with Gasteiger partial charge in [-0.25, -0.2) is 0 Å². The highest BCUT2D eigenvalue weighted by molar-refractivity contribution is 5.46. The van der Waals surface area contributed by atoms with Crippen molar-refractivity contribution in [3.8, 4) is 0 Å². The second-order valence-corrected chi connectivity index (χ2v) is 5.64. The van der Waals surface area contributed by atoms with Crippen molar-refractivity contribution >= 4 is 5.69 Å². The summed E-state index contributed by atoms with van der Waals surface area (Å²) in [4.78, 5) is 2.42. The molecule has 0 spiro atoms. The van der Waals surface area contributed by atoms with E-state index in [1.54, 1.807) is 0 Å². The lowest BCUT2D eigenvalue weighted by Gasteiger charge is -2.15. The number of rotatable bonds is 3. The van der Waals surface area contributed by atoms with E-state index in [0.717, 1.165) is 6.54 Å². The summed E-state index contributed by atoms with van der Waals surface area (Å²) in [7, 11) is 2.20. The van der Waals surface area contributed by atoms with E-state index in [4.69, 9.17) is 0 Å². The molecule has 0 saturated carbocycles. The van der Waals surface area contributed by atoms with Crippen LogP contribution in [0.25, 0.3) is 0 Å². The summed E-state index contributed by atoms with van der Waals surface area (Å²) < 4.78 is 0. The predicted octanol–water partition coefficient (Wildman–Crippen LogP) is 3.31.